The molecular weight excluding hydrogens is 191 g/mol. The van der Waals surface area contributed by atoms with Gasteiger partial charge in [-0.3, -0.25) is 0 Å². The van der Waals surface area contributed by atoms with E-state index in [2.05, 4.69) is 5.32 Å². The van der Waals surface area contributed by atoms with Gasteiger partial charge in [0.15, 0.2) is 17.5 Å². The molecule has 0 aromatic heterocycles. The van der Waals surface area contributed by atoms with Crippen molar-refractivity contribution in [1.29, 1.82) is 0 Å². The van der Waals surface area contributed by atoms with Gasteiger partial charge in [0, 0.05) is 18.2 Å². The molecule has 0 aliphatic carbocycles. The Hall–Kier alpha value is -1.03. The van der Waals surface area contributed by atoms with Gasteiger partial charge >= 0.3 is 0 Å². The Labute approximate surface area is 80.9 Å². The van der Waals surface area contributed by atoms with Crippen LogP contribution >= 0.6 is 0 Å². The van der Waals surface area contributed by atoms with E-state index in [0.717, 1.165) is 6.07 Å². The predicted octanol–water partition coefficient (Wildman–Crippen LogP) is 2.60. The van der Waals surface area contributed by atoms with E-state index in [1.165, 1.54) is 6.07 Å². The van der Waals surface area contributed by atoms with Crippen molar-refractivity contribution in [3.63, 3.8) is 0 Å². The lowest BCUT2D eigenvalue weighted by Gasteiger charge is -2.09. The number of rotatable bonds is 3. The van der Waals surface area contributed by atoms with E-state index in [4.69, 9.17) is 0 Å². The quantitative estimate of drug-likeness (QED) is 0.744. The third-order valence-corrected chi connectivity index (χ3v) is 1.82. The second kappa shape index (κ2) is 4.46. The van der Waals surface area contributed by atoms with Crippen molar-refractivity contribution in [2.45, 2.75) is 26.4 Å². The zero-order valence-electron chi connectivity index (χ0n) is 8.07. The molecule has 0 atom stereocenters. The normalized spacial score (nSPS) is 11.0. The van der Waals surface area contributed by atoms with Crippen LogP contribution in [0.1, 0.15) is 19.4 Å². The number of halogens is 3. The summed E-state index contributed by atoms with van der Waals surface area (Å²) < 4.78 is 38.3. The highest BCUT2D eigenvalue weighted by molar-refractivity contribution is 5.20. The summed E-state index contributed by atoms with van der Waals surface area (Å²) >= 11 is 0. The summed E-state index contributed by atoms with van der Waals surface area (Å²) in [7, 11) is 0. The summed E-state index contributed by atoms with van der Waals surface area (Å²) in [5.74, 6) is -3.68. The van der Waals surface area contributed by atoms with Crippen LogP contribution in [0.25, 0.3) is 0 Å². The summed E-state index contributed by atoms with van der Waals surface area (Å²) in [5.41, 5.74) is 0.137. The maximum atomic E-state index is 13.1. The van der Waals surface area contributed by atoms with Crippen LogP contribution in [0, 0.1) is 17.5 Å². The molecule has 0 aliphatic heterocycles. The molecule has 1 N–H and O–H groups in total. The van der Waals surface area contributed by atoms with Crippen LogP contribution in [-0.4, -0.2) is 6.04 Å². The summed E-state index contributed by atoms with van der Waals surface area (Å²) in [6.45, 7) is 3.97. The van der Waals surface area contributed by atoms with Gasteiger partial charge < -0.3 is 5.32 Å². The fourth-order valence-corrected chi connectivity index (χ4v) is 1.02. The van der Waals surface area contributed by atoms with E-state index in [0.29, 0.717) is 0 Å². The van der Waals surface area contributed by atoms with E-state index in [1.807, 2.05) is 13.8 Å². The molecular formula is C10H12F3N. The molecule has 14 heavy (non-hydrogen) atoms. The van der Waals surface area contributed by atoms with Gasteiger partial charge in [-0.1, -0.05) is 19.9 Å². The maximum Gasteiger partial charge on any atom is 0.194 e. The topological polar surface area (TPSA) is 12.0 Å². The predicted molar refractivity (Wildman–Crippen MR) is 48.3 cm³/mol. The van der Waals surface area contributed by atoms with Gasteiger partial charge in [-0.05, 0) is 6.07 Å². The minimum atomic E-state index is -1.41. The van der Waals surface area contributed by atoms with Crippen molar-refractivity contribution in [2.24, 2.45) is 0 Å². The lowest BCUT2D eigenvalue weighted by Crippen LogP contribution is -2.22. The van der Waals surface area contributed by atoms with Crippen molar-refractivity contribution in [2.75, 3.05) is 0 Å². The largest absolute Gasteiger partial charge is 0.310 e. The molecule has 0 heterocycles. The molecule has 0 saturated heterocycles. The molecule has 0 radical (unpaired) electrons. The van der Waals surface area contributed by atoms with Crippen LogP contribution in [0.4, 0.5) is 13.2 Å². The fourth-order valence-electron chi connectivity index (χ4n) is 1.02. The molecule has 78 valence electrons. The smallest absolute Gasteiger partial charge is 0.194 e. The first kappa shape index (κ1) is 11.0. The van der Waals surface area contributed by atoms with E-state index >= 15 is 0 Å². The number of hydrogen-bond donors (Lipinski definition) is 1. The van der Waals surface area contributed by atoms with Crippen LogP contribution in [0.5, 0.6) is 0 Å². The Morgan fingerprint density at radius 2 is 1.79 bits per heavy atom. The monoisotopic (exact) mass is 203 g/mol. The van der Waals surface area contributed by atoms with Gasteiger partial charge in [0.05, 0.1) is 0 Å². The molecule has 1 aromatic carbocycles. The highest BCUT2D eigenvalue weighted by atomic mass is 19.2. The first-order valence-corrected chi connectivity index (χ1v) is 4.38. The molecule has 0 bridgehead atoms. The third-order valence-electron chi connectivity index (χ3n) is 1.82. The number of hydrogen-bond acceptors (Lipinski definition) is 1. The third kappa shape index (κ3) is 2.48. The van der Waals surface area contributed by atoms with Crippen molar-refractivity contribution in [1.82, 2.24) is 5.32 Å². The number of benzene rings is 1. The molecule has 0 amide bonds. The van der Waals surface area contributed by atoms with Crippen molar-refractivity contribution < 1.29 is 13.2 Å². The van der Waals surface area contributed by atoms with Crippen LogP contribution in [0.3, 0.4) is 0 Å². The highest BCUT2D eigenvalue weighted by Gasteiger charge is 2.12. The minimum Gasteiger partial charge on any atom is -0.310 e. The van der Waals surface area contributed by atoms with Gasteiger partial charge in [0.1, 0.15) is 0 Å². The first-order chi connectivity index (χ1) is 6.52. The van der Waals surface area contributed by atoms with E-state index in [9.17, 15) is 13.2 Å². The summed E-state index contributed by atoms with van der Waals surface area (Å²) in [6, 6.07) is 2.33. The van der Waals surface area contributed by atoms with Crippen molar-refractivity contribution in [3.8, 4) is 0 Å². The second-order valence-corrected chi connectivity index (χ2v) is 3.37. The Bertz CT molecular complexity index is 323. The Balaban J connectivity index is 2.83. The maximum absolute atomic E-state index is 13.1. The van der Waals surface area contributed by atoms with Gasteiger partial charge in [0.2, 0.25) is 0 Å². The molecule has 0 saturated carbocycles. The van der Waals surface area contributed by atoms with Gasteiger partial charge in [-0.2, -0.15) is 0 Å². The minimum absolute atomic E-state index is 0.137. The van der Waals surface area contributed by atoms with Crippen LogP contribution in [0.15, 0.2) is 12.1 Å². The summed E-state index contributed by atoms with van der Waals surface area (Å²) in [6.07, 6.45) is 0. The molecule has 1 rings (SSSR count). The SMILES string of the molecule is CC(C)NCc1ccc(F)c(F)c1F. The van der Waals surface area contributed by atoms with Crippen LogP contribution in [-0.2, 0) is 6.54 Å². The lowest BCUT2D eigenvalue weighted by atomic mass is 10.2. The number of nitrogens with one attached hydrogen (secondary N) is 1. The Morgan fingerprint density at radius 1 is 1.14 bits per heavy atom. The molecule has 0 unspecified atom stereocenters. The van der Waals surface area contributed by atoms with Gasteiger partial charge in [0.25, 0.3) is 0 Å². The average Bonchev–Trinajstić information content (AvgIpc) is 2.13. The lowest BCUT2D eigenvalue weighted by molar-refractivity contribution is 0.436. The van der Waals surface area contributed by atoms with E-state index in [-0.39, 0.29) is 18.2 Å². The van der Waals surface area contributed by atoms with E-state index in [1.54, 1.807) is 0 Å². The zero-order chi connectivity index (χ0) is 10.7. The zero-order valence-corrected chi connectivity index (χ0v) is 8.07. The molecule has 1 nitrogen and oxygen atoms in total. The second-order valence-electron chi connectivity index (χ2n) is 3.37. The highest BCUT2D eigenvalue weighted by Crippen LogP contribution is 2.14. The molecule has 4 heteroatoms. The Morgan fingerprint density at radius 3 is 2.36 bits per heavy atom. The van der Waals surface area contributed by atoms with Crippen molar-refractivity contribution >= 4 is 0 Å². The molecule has 0 fully saturated rings. The first-order valence-electron chi connectivity index (χ1n) is 4.38. The molecule has 0 aliphatic rings. The van der Waals surface area contributed by atoms with Gasteiger partial charge in [-0.15, -0.1) is 0 Å². The fraction of sp³-hybridized carbons (Fsp3) is 0.400. The van der Waals surface area contributed by atoms with Crippen molar-refractivity contribution in [3.05, 3.63) is 35.1 Å². The van der Waals surface area contributed by atoms with E-state index < -0.39 is 17.5 Å². The Kier molecular flexibility index (Phi) is 3.52. The average molecular weight is 203 g/mol. The molecule has 0 spiro atoms. The van der Waals surface area contributed by atoms with Gasteiger partial charge in [-0.25, -0.2) is 13.2 Å². The standard InChI is InChI=1S/C10H12F3N/c1-6(2)14-5-7-3-4-8(11)10(13)9(7)12/h3-4,6,14H,5H2,1-2H3. The van der Waals surface area contributed by atoms with Crippen LogP contribution < -0.4 is 5.32 Å². The summed E-state index contributed by atoms with van der Waals surface area (Å²) in [5, 5.41) is 2.92. The molecule has 1 aromatic rings. The summed E-state index contributed by atoms with van der Waals surface area (Å²) in [4.78, 5) is 0. The van der Waals surface area contributed by atoms with Crippen LogP contribution in [0.2, 0.25) is 0 Å².